The molecule has 2 heterocycles. The van der Waals surface area contributed by atoms with Gasteiger partial charge >= 0.3 is 0 Å². The smallest absolute Gasteiger partial charge is 0.257 e. The van der Waals surface area contributed by atoms with Gasteiger partial charge in [-0.05, 0) is 26.0 Å². The average molecular weight is 271 g/mol. The fraction of sp³-hybridized carbons (Fsp3) is 0.364. The molecule has 0 fully saturated rings. The van der Waals surface area contributed by atoms with Crippen LogP contribution in [0.1, 0.15) is 22.5 Å². The second-order valence-electron chi connectivity index (χ2n) is 3.74. The van der Waals surface area contributed by atoms with Gasteiger partial charge in [0.1, 0.15) is 0 Å². The molecule has 0 saturated heterocycles. The van der Waals surface area contributed by atoms with E-state index in [-0.39, 0.29) is 18.3 Å². The van der Waals surface area contributed by atoms with Gasteiger partial charge in [-0.15, -0.1) is 12.4 Å². The Balaban J connectivity index is 0.00000162. The van der Waals surface area contributed by atoms with E-state index in [1.165, 1.54) is 6.20 Å². The molecule has 0 saturated carbocycles. The number of amides is 1. The predicted molar refractivity (Wildman–Crippen MR) is 69.8 cm³/mol. The number of rotatable bonds is 4. The average Bonchev–Trinajstić information content (AvgIpc) is 2.71. The van der Waals surface area contributed by atoms with Crippen molar-refractivity contribution in [3.05, 3.63) is 23.5 Å². The molecule has 98 valence electrons. The zero-order valence-electron chi connectivity index (χ0n) is 9.97. The van der Waals surface area contributed by atoms with Crippen molar-refractivity contribution in [2.24, 2.45) is 5.73 Å². The summed E-state index contributed by atoms with van der Waals surface area (Å²) in [6, 6.07) is 1.73. The zero-order valence-corrected chi connectivity index (χ0v) is 10.8. The van der Waals surface area contributed by atoms with Gasteiger partial charge in [0.05, 0.1) is 16.6 Å². The molecule has 0 unspecified atom stereocenters. The largest absolute Gasteiger partial charge is 0.352 e. The van der Waals surface area contributed by atoms with E-state index in [1.54, 1.807) is 6.07 Å². The van der Waals surface area contributed by atoms with Crippen LogP contribution in [0.5, 0.6) is 0 Å². The summed E-state index contributed by atoms with van der Waals surface area (Å²) in [5.74, 6) is -0.159. The molecule has 0 aromatic carbocycles. The first-order valence-electron chi connectivity index (χ1n) is 5.42. The number of nitrogens with zero attached hydrogens (tertiary/aromatic N) is 2. The molecule has 0 aliphatic heterocycles. The van der Waals surface area contributed by atoms with Crippen molar-refractivity contribution in [2.45, 2.75) is 13.3 Å². The lowest BCUT2D eigenvalue weighted by molar-refractivity contribution is 0.0953. The first-order chi connectivity index (χ1) is 8.22. The molecule has 18 heavy (non-hydrogen) atoms. The quantitative estimate of drug-likeness (QED) is 0.810. The number of nitrogens with one attached hydrogen (secondary N) is 1. The maximum Gasteiger partial charge on any atom is 0.257 e. The third-order valence-electron chi connectivity index (χ3n) is 2.44. The van der Waals surface area contributed by atoms with E-state index in [0.29, 0.717) is 24.4 Å². The topological polar surface area (TPSA) is 94.0 Å². The minimum Gasteiger partial charge on any atom is -0.352 e. The standard InChI is InChI=1S/C11H14N4O2.ClH/c1-7-9-5-8(6-14-11(9)17-15-7)10(16)13-4-2-3-12;/h5-6H,2-4,12H2,1H3,(H,13,16);1H. The fourth-order valence-corrected chi connectivity index (χ4v) is 1.48. The Kier molecular flexibility index (Phi) is 5.06. The number of hydrogen-bond donors (Lipinski definition) is 2. The van der Waals surface area contributed by atoms with E-state index in [1.807, 2.05) is 6.92 Å². The van der Waals surface area contributed by atoms with E-state index < -0.39 is 0 Å². The zero-order chi connectivity index (χ0) is 12.3. The molecule has 1 amide bonds. The molecule has 0 aliphatic rings. The molecule has 0 radical (unpaired) electrons. The lowest BCUT2D eigenvalue weighted by Gasteiger charge is -2.03. The van der Waals surface area contributed by atoms with Crippen LogP contribution in [0, 0.1) is 6.92 Å². The summed E-state index contributed by atoms with van der Waals surface area (Å²) in [4.78, 5) is 15.8. The maximum absolute atomic E-state index is 11.8. The Bertz CT molecular complexity index is 541. The molecule has 6 nitrogen and oxygen atoms in total. The van der Waals surface area contributed by atoms with Crippen LogP contribution in [0.3, 0.4) is 0 Å². The van der Waals surface area contributed by atoms with Crippen LogP contribution in [0.15, 0.2) is 16.8 Å². The van der Waals surface area contributed by atoms with Gasteiger partial charge in [0.25, 0.3) is 11.6 Å². The molecule has 0 aliphatic carbocycles. The van der Waals surface area contributed by atoms with E-state index in [4.69, 9.17) is 10.3 Å². The van der Waals surface area contributed by atoms with Gasteiger partial charge in [-0.25, -0.2) is 4.98 Å². The summed E-state index contributed by atoms with van der Waals surface area (Å²) in [5, 5.41) is 7.31. The Morgan fingerprint density at radius 2 is 2.33 bits per heavy atom. The Hall–Kier alpha value is -1.66. The molecule has 2 aromatic heterocycles. The molecular formula is C11H15ClN4O2. The molecular weight excluding hydrogens is 256 g/mol. The van der Waals surface area contributed by atoms with Crippen LogP contribution in [-0.2, 0) is 0 Å². The van der Waals surface area contributed by atoms with Crippen molar-refractivity contribution < 1.29 is 9.32 Å². The Morgan fingerprint density at radius 1 is 1.56 bits per heavy atom. The van der Waals surface area contributed by atoms with Gasteiger partial charge in [-0.1, -0.05) is 5.16 Å². The molecule has 0 atom stereocenters. The van der Waals surface area contributed by atoms with Crippen LogP contribution in [0.25, 0.3) is 11.1 Å². The monoisotopic (exact) mass is 270 g/mol. The number of aromatic nitrogens is 2. The lowest BCUT2D eigenvalue weighted by Crippen LogP contribution is -2.26. The number of aryl methyl sites for hydroxylation is 1. The lowest BCUT2D eigenvalue weighted by atomic mass is 10.2. The normalized spacial score (nSPS) is 10.1. The predicted octanol–water partition coefficient (Wildman–Crippen LogP) is 1.03. The van der Waals surface area contributed by atoms with Crippen molar-refractivity contribution >= 4 is 29.4 Å². The number of fused-ring (bicyclic) bond motifs is 1. The first-order valence-corrected chi connectivity index (χ1v) is 5.42. The second-order valence-corrected chi connectivity index (χ2v) is 3.74. The van der Waals surface area contributed by atoms with Gasteiger partial charge in [-0.2, -0.15) is 0 Å². The molecule has 7 heteroatoms. The fourth-order valence-electron chi connectivity index (χ4n) is 1.48. The molecule has 2 aromatic rings. The van der Waals surface area contributed by atoms with Crippen LogP contribution in [0.4, 0.5) is 0 Å². The highest BCUT2D eigenvalue weighted by Crippen LogP contribution is 2.16. The second kappa shape index (κ2) is 6.32. The van der Waals surface area contributed by atoms with Crippen LogP contribution >= 0.6 is 12.4 Å². The molecule has 3 N–H and O–H groups in total. The van der Waals surface area contributed by atoms with E-state index >= 15 is 0 Å². The number of pyridine rings is 1. The summed E-state index contributed by atoms with van der Waals surface area (Å²) in [7, 11) is 0. The van der Waals surface area contributed by atoms with Crippen molar-refractivity contribution in [3.63, 3.8) is 0 Å². The number of halogens is 1. The van der Waals surface area contributed by atoms with Gasteiger partial charge in [0.15, 0.2) is 0 Å². The van der Waals surface area contributed by atoms with Crippen LogP contribution in [0.2, 0.25) is 0 Å². The summed E-state index contributed by atoms with van der Waals surface area (Å²) >= 11 is 0. The number of nitrogens with two attached hydrogens (primary N) is 1. The minimum absolute atomic E-state index is 0. The summed E-state index contributed by atoms with van der Waals surface area (Å²) in [5.41, 5.74) is 7.02. The SMILES string of the molecule is Cc1noc2ncc(C(=O)NCCCN)cc12.Cl. The molecule has 2 rings (SSSR count). The van der Waals surface area contributed by atoms with Crippen molar-refractivity contribution in [1.82, 2.24) is 15.5 Å². The molecule has 0 bridgehead atoms. The van der Waals surface area contributed by atoms with Gasteiger partial charge in [0, 0.05) is 12.7 Å². The van der Waals surface area contributed by atoms with Crippen LogP contribution in [-0.4, -0.2) is 29.1 Å². The summed E-state index contributed by atoms with van der Waals surface area (Å²) in [6.45, 7) is 2.93. The van der Waals surface area contributed by atoms with Gasteiger partial charge in [0.2, 0.25) is 0 Å². The molecule has 0 spiro atoms. The van der Waals surface area contributed by atoms with Gasteiger partial charge < -0.3 is 15.6 Å². The van der Waals surface area contributed by atoms with E-state index in [0.717, 1.165) is 17.5 Å². The van der Waals surface area contributed by atoms with Crippen molar-refractivity contribution in [2.75, 3.05) is 13.1 Å². The number of carbonyl (C=O) groups is 1. The highest BCUT2D eigenvalue weighted by molar-refractivity contribution is 5.96. The third-order valence-corrected chi connectivity index (χ3v) is 2.44. The minimum atomic E-state index is -0.159. The van der Waals surface area contributed by atoms with Crippen molar-refractivity contribution in [1.29, 1.82) is 0 Å². The van der Waals surface area contributed by atoms with E-state index in [2.05, 4.69) is 15.5 Å². The number of carbonyl (C=O) groups excluding carboxylic acids is 1. The van der Waals surface area contributed by atoms with E-state index in [9.17, 15) is 4.79 Å². The summed E-state index contributed by atoms with van der Waals surface area (Å²) < 4.78 is 4.97. The Labute approximate surface area is 110 Å². The van der Waals surface area contributed by atoms with Gasteiger partial charge in [-0.3, -0.25) is 4.79 Å². The Morgan fingerprint density at radius 3 is 3.06 bits per heavy atom. The highest BCUT2D eigenvalue weighted by atomic mass is 35.5. The first kappa shape index (κ1) is 14.4. The van der Waals surface area contributed by atoms with Crippen molar-refractivity contribution in [3.8, 4) is 0 Å². The number of hydrogen-bond acceptors (Lipinski definition) is 5. The third kappa shape index (κ3) is 2.96. The maximum atomic E-state index is 11.8. The highest BCUT2D eigenvalue weighted by Gasteiger charge is 2.10. The van der Waals surface area contributed by atoms with Crippen LogP contribution < -0.4 is 11.1 Å². The summed E-state index contributed by atoms with van der Waals surface area (Å²) in [6.07, 6.45) is 2.23.